The zero-order valence-electron chi connectivity index (χ0n) is 17.3. The Hall–Kier alpha value is -2.74. The van der Waals surface area contributed by atoms with Crippen LogP contribution >= 0.6 is 0 Å². The third-order valence-corrected chi connectivity index (χ3v) is 6.60. The van der Waals surface area contributed by atoms with Gasteiger partial charge in [0.15, 0.2) is 6.67 Å². The maximum atomic E-state index is 13.1. The number of benzene rings is 1. The molecule has 2 heterocycles. The van der Waals surface area contributed by atoms with Gasteiger partial charge in [-0.05, 0) is 50.7 Å². The largest absolute Gasteiger partial charge is 0.329 e. The molecule has 2 fully saturated rings. The van der Waals surface area contributed by atoms with E-state index in [1.165, 1.54) is 11.2 Å². The van der Waals surface area contributed by atoms with Gasteiger partial charge in [-0.1, -0.05) is 19.1 Å². The van der Waals surface area contributed by atoms with Crippen molar-refractivity contribution in [2.45, 2.75) is 51.1 Å². The summed E-state index contributed by atoms with van der Waals surface area (Å²) in [6.45, 7) is 4.67. The summed E-state index contributed by atoms with van der Waals surface area (Å²) in [5, 5.41) is 7.14. The quantitative estimate of drug-likeness (QED) is 0.745. The van der Waals surface area contributed by atoms with Crippen molar-refractivity contribution in [2.75, 3.05) is 13.7 Å². The molecule has 2 N–H and O–H groups in total. The molecule has 2 aliphatic rings. The van der Waals surface area contributed by atoms with Gasteiger partial charge in [0, 0.05) is 5.56 Å². The number of hydrogen-bond acceptors (Lipinski definition) is 4. The Kier molecular flexibility index (Phi) is 5.12. The smallest absolute Gasteiger partial charge is 0.323 e. The van der Waals surface area contributed by atoms with E-state index in [0.29, 0.717) is 12.6 Å². The first kappa shape index (κ1) is 19.6. The molecule has 1 aliphatic carbocycles. The molecular formula is C21H29N6O2+. The molecule has 1 aliphatic heterocycles. The van der Waals surface area contributed by atoms with Crippen LogP contribution in [0.2, 0.25) is 0 Å². The van der Waals surface area contributed by atoms with Crippen molar-refractivity contribution in [2.24, 2.45) is 5.92 Å². The number of hydrogen-bond donors (Lipinski definition) is 2. The number of nitrogens with one attached hydrogen (secondary N) is 2. The highest BCUT2D eigenvalue weighted by atomic mass is 16.2. The van der Waals surface area contributed by atoms with Crippen LogP contribution < -0.4 is 10.2 Å². The second kappa shape index (κ2) is 7.59. The first-order valence-electron chi connectivity index (χ1n) is 10.3. The molecule has 1 unspecified atom stereocenters. The minimum Gasteiger partial charge on any atom is -0.323 e. The topological polar surface area (TPSA) is 84.6 Å². The van der Waals surface area contributed by atoms with Gasteiger partial charge in [-0.3, -0.25) is 4.79 Å². The average Bonchev–Trinajstić information content (AvgIpc) is 3.34. The Morgan fingerprint density at radius 3 is 2.55 bits per heavy atom. The monoisotopic (exact) mass is 397 g/mol. The van der Waals surface area contributed by atoms with E-state index >= 15 is 0 Å². The number of imide groups is 1. The lowest BCUT2D eigenvalue weighted by Crippen LogP contribution is -3.10. The summed E-state index contributed by atoms with van der Waals surface area (Å²) in [4.78, 5) is 32.1. The second-order valence-corrected chi connectivity index (χ2v) is 8.59. The number of aromatic nitrogens is 3. The number of nitrogens with zero attached hydrogens (tertiary/aromatic N) is 4. The number of quaternary nitrogens is 1. The van der Waals surface area contributed by atoms with Gasteiger partial charge in [0.1, 0.15) is 24.2 Å². The molecule has 0 radical (unpaired) electrons. The Morgan fingerprint density at radius 2 is 1.93 bits per heavy atom. The van der Waals surface area contributed by atoms with Crippen LogP contribution in [-0.2, 0) is 4.79 Å². The summed E-state index contributed by atoms with van der Waals surface area (Å²) in [7, 11) is 2.02. The van der Waals surface area contributed by atoms with E-state index in [-0.39, 0.29) is 18.0 Å². The van der Waals surface area contributed by atoms with Gasteiger partial charge in [0.25, 0.3) is 5.91 Å². The second-order valence-electron chi connectivity index (χ2n) is 8.59. The van der Waals surface area contributed by atoms with Crippen LogP contribution in [0, 0.1) is 5.92 Å². The van der Waals surface area contributed by atoms with Gasteiger partial charge in [0.05, 0.1) is 12.7 Å². The van der Waals surface area contributed by atoms with Gasteiger partial charge in [-0.15, -0.1) is 0 Å². The highest BCUT2D eigenvalue weighted by molar-refractivity contribution is 6.06. The van der Waals surface area contributed by atoms with Crippen LogP contribution in [0.3, 0.4) is 0 Å². The van der Waals surface area contributed by atoms with Crippen molar-refractivity contribution in [3.63, 3.8) is 0 Å². The summed E-state index contributed by atoms with van der Waals surface area (Å²) >= 11 is 0. The SMILES string of the molecule is CC1CCC2(CC1)NC(=O)N(C[NH+](C)[C@@H](C)c1ccc(-n3cncn3)cc1)C2=O. The highest BCUT2D eigenvalue weighted by Gasteiger charge is 2.53. The number of amides is 3. The number of urea groups is 1. The lowest BCUT2D eigenvalue weighted by atomic mass is 9.77. The maximum Gasteiger partial charge on any atom is 0.329 e. The lowest BCUT2D eigenvalue weighted by Gasteiger charge is -2.33. The first-order valence-corrected chi connectivity index (χ1v) is 10.3. The van der Waals surface area contributed by atoms with Crippen LogP contribution in [0.1, 0.15) is 51.1 Å². The molecule has 154 valence electrons. The van der Waals surface area contributed by atoms with Gasteiger partial charge in [-0.25, -0.2) is 19.4 Å². The van der Waals surface area contributed by atoms with Gasteiger partial charge >= 0.3 is 6.03 Å². The molecule has 1 saturated heterocycles. The van der Waals surface area contributed by atoms with E-state index < -0.39 is 5.54 Å². The number of rotatable bonds is 5. The summed E-state index contributed by atoms with van der Waals surface area (Å²) in [6.07, 6.45) is 6.62. The van der Waals surface area contributed by atoms with Crippen LogP contribution in [0.25, 0.3) is 5.69 Å². The summed E-state index contributed by atoms with van der Waals surface area (Å²) in [6, 6.07) is 7.99. The van der Waals surface area contributed by atoms with Crippen molar-refractivity contribution < 1.29 is 14.5 Å². The fraction of sp³-hybridized carbons (Fsp3) is 0.524. The third-order valence-electron chi connectivity index (χ3n) is 6.60. The number of carbonyl (C=O) groups excluding carboxylic acids is 2. The Morgan fingerprint density at radius 1 is 1.24 bits per heavy atom. The summed E-state index contributed by atoms with van der Waals surface area (Å²) < 4.78 is 1.71. The van der Waals surface area contributed by atoms with Crippen molar-refractivity contribution in [3.8, 4) is 5.69 Å². The molecule has 0 bridgehead atoms. The van der Waals surface area contributed by atoms with Crippen LogP contribution in [0.5, 0.6) is 0 Å². The molecule has 8 heteroatoms. The molecule has 2 atom stereocenters. The molecule has 1 saturated carbocycles. The van der Waals surface area contributed by atoms with Crippen molar-refractivity contribution in [1.29, 1.82) is 0 Å². The summed E-state index contributed by atoms with van der Waals surface area (Å²) in [5.74, 6) is 0.565. The number of carbonyl (C=O) groups is 2. The minimum atomic E-state index is -0.674. The fourth-order valence-electron chi connectivity index (χ4n) is 4.34. The Labute approximate surface area is 170 Å². The predicted molar refractivity (Wildman–Crippen MR) is 107 cm³/mol. The van der Waals surface area contributed by atoms with Gasteiger partial charge < -0.3 is 10.2 Å². The highest BCUT2D eigenvalue weighted by Crippen LogP contribution is 2.36. The van der Waals surface area contributed by atoms with Crippen LogP contribution in [0.15, 0.2) is 36.9 Å². The molecule has 1 aromatic heterocycles. The van der Waals surface area contributed by atoms with Crippen molar-refractivity contribution >= 4 is 11.9 Å². The van der Waals surface area contributed by atoms with Crippen molar-refractivity contribution in [1.82, 2.24) is 25.0 Å². The van der Waals surface area contributed by atoms with Crippen molar-refractivity contribution in [3.05, 3.63) is 42.5 Å². The Balaban J connectivity index is 1.42. The zero-order chi connectivity index (χ0) is 20.6. The summed E-state index contributed by atoms with van der Waals surface area (Å²) in [5.41, 5.74) is 1.41. The van der Waals surface area contributed by atoms with Crippen LogP contribution in [-0.4, -0.2) is 50.9 Å². The van der Waals surface area contributed by atoms with E-state index in [1.807, 2.05) is 19.2 Å². The third kappa shape index (κ3) is 3.64. The molecule has 4 rings (SSSR count). The van der Waals surface area contributed by atoms with Gasteiger partial charge in [0.2, 0.25) is 0 Å². The molecule has 1 aromatic carbocycles. The Bertz CT molecular complexity index is 871. The molecule has 1 spiro atoms. The molecule has 29 heavy (non-hydrogen) atoms. The average molecular weight is 398 g/mol. The molecule has 8 nitrogen and oxygen atoms in total. The molecular weight excluding hydrogens is 368 g/mol. The van der Waals surface area contributed by atoms with E-state index in [4.69, 9.17) is 0 Å². The fourth-order valence-corrected chi connectivity index (χ4v) is 4.34. The van der Waals surface area contributed by atoms with E-state index in [9.17, 15) is 9.59 Å². The lowest BCUT2D eigenvalue weighted by molar-refractivity contribution is -0.917. The maximum absolute atomic E-state index is 13.1. The van der Waals surface area contributed by atoms with E-state index in [2.05, 4.69) is 41.4 Å². The molecule has 2 aromatic rings. The predicted octanol–water partition coefficient (Wildman–Crippen LogP) is 1.30. The zero-order valence-corrected chi connectivity index (χ0v) is 17.3. The van der Waals surface area contributed by atoms with E-state index in [0.717, 1.165) is 41.8 Å². The van der Waals surface area contributed by atoms with Gasteiger partial charge in [-0.2, -0.15) is 5.10 Å². The standard InChI is InChI=1S/C21H28N6O2/c1-15-8-10-21(11-9-15)19(28)26(20(29)24-21)14-25(3)16(2)17-4-6-18(7-5-17)27-13-22-12-23-27/h4-7,12-13,15-16H,8-11,14H2,1-3H3,(H,24,29)/p+1/t15?,16-,21?/m0/s1. The van der Waals surface area contributed by atoms with E-state index in [1.54, 1.807) is 11.0 Å². The van der Waals surface area contributed by atoms with Crippen LogP contribution in [0.4, 0.5) is 4.79 Å². The normalized spacial score (nSPS) is 26.6. The first-order chi connectivity index (χ1) is 13.9. The minimum absolute atomic E-state index is 0.0533. The molecule has 3 amide bonds.